The minimum Gasteiger partial charge on any atom is -0.450 e. The van der Waals surface area contributed by atoms with Crippen LogP contribution in [-0.4, -0.2) is 15.0 Å². The maximum atomic E-state index is 11.3. The molecule has 0 N–H and O–H groups in total. The van der Waals surface area contributed by atoms with Gasteiger partial charge in [0, 0.05) is 12.3 Å². The van der Waals surface area contributed by atoms with E-state index in [2.05, 4.69) is 15.0 Å². The molecule has 0 aliphatic carbocycles. The summed E-state index contributed by atoms with van der Waals surface area (Å²) in [5, 5.41) is 11.3. The summed E-state index contributed by atoms with van der Waals surface area (Å²) >= 11 is 0. The molecule has 0 aliphatic heterocycles. The summed E-state index contributed by atoms with van der Waals surface area (Å²) in [7, 11) is 0. The van der Waals surface area contributed by atoms with Crippen molar-refractivity contribution >= 4 is 0 Å². The van der Waals surface area contributed by atoms with Crippen LogP contribution in [-0.2, 0) is 5.11 Å². The summed E-state index contributed by atoms with van der Waals surface area (Å²) in [5.41, 5.74) is 0. The van der Waals surface area contributed by atoms with E-state index >= 15 is 0 Å². The fraction of sp³-hybridized carbons (Fsp3) is 0. The van der Waals surface area contributed by atoms with Crippen molar-refractivity contribution in [3.05, 3.63) is 60.9 Å². The first kappa shape index (κ1) is 12.9. The lowest BCUT2D eigenvalue weighted by Gasteiger charge is -2.09. The molecule has 0 unspecified atom stereocenters. The molecule has 0 fully saturated rings. The van der Waals surface area contributed by atoms with Crippen LogP contribution in [0.1, 0.15) is 0 Å². The number of aromatic nitrogens is 3. The minimum atomic E-state index is -0.652. The fourth-order valence-corrected chi connectivity index (χ4v) is 1.61. The standard InChI is InChI=1S/C15H10N3O3/c19-15-17-10-12(20-11-6-2-1-3-7-11)14(18-15)21-13-8-4-5-9-16-13/h1-10H. The summed E-state index contributed by atoms with van der Waals surface area (Å²) in [6, 6.07) is 13.6. The largest absolute Gasteiger partial charge is 0.450 e. The molecule has 21 heavy (non-hydrogen) atoms. The van der Waals surface area contributed by atoms with Crippen molar-refractivity contribution in [2.24, 2.45) is 0 Å². The summed E-state index contributed by atoms with van der Waals surface area (Å²) in [6.07, 6.45) is 2.85. The Labute approximate surface area is 120 Å². The Hall–Kier alpha value is -3.15. The molecule has 103 valence electrons. The molecule has 0 spiro atoms. The highest BCUT2D eigenvalue weighted by Crippen LogP contribution is 2.32. The van der Waals surface area contributed by atoms with Gasteiger partial charge in [0.1, 0.15) is 5.75 Å². The SMILES string of the molecule is [O]c1ncc(Oc2ccccc2)c(Oc2ccccn2)n1. The van der Waals surface area contributed by atoms with Gasteiger partial charge in [0.05, 0.1) is 6.20 Å². The predicted molar refractivity (Wildman–Crippen MR) is 73.0 cm³/mol. The fourth-order valence-electron chi connectivity index (χ4n) is 1.61. The van der Waals surface area contributed by atoms with Gasteiger partial charge in [-0.15, -0.1) is 0 Å². The molecule has 0 saturated heterocycles. The summed E-state index contributed by atoms with van der Waals surface area (Å²) in [4.78, 5) is 11.3. The average molecular weight is 280 g/mol. The van der Waals surface area contributed by atoms with Crippen LogP contribution < -0.4 is 9.47 Å². The molecule has 3 aromatic rings. The van der Waals surface area contributed by atoms with Crippen LogP contribution >= 0.6 is 0 Å². The number of pyridine rings is 1. The Bertz CT molecular complexity index is 721. The van der Waals surface area contributed by atoms with Crippen LogP contribution in [0, 0.1) is 0 Å². The van der Waals surface area contributed by atoms with Gasteiger partial charge in [0.2, 0.25) is 11.6 Å². The van der Waals surface area contributed by atoms with Crippen LogP contribution in [0.5, 0.6) is 29.3 Å². The van der Waals surface area contributed by atoms with Crippen LogP contribution in [0.4, 0.5) is 0 Å². The molecule has 1 radical (unpaired) electrons. The van der Waals surface area contributed by atoms with Gasteiger partial charge >= 0.3 is 6.01 Å². The van der Waals surface area contributed by atoms with Crippen molar-refractivity contribution in [2.75, 3.05) is 0 Å². The lowest BCUT2D eigenvalue weighted by atomic mass is 10.3. The first-order valence-corrected chi connectivity index (χ1v) is 6.17. The lowest BCUT2D eigenvalue weighted by Crippen LogP contribution is -1.95. The van der Waals surface area contributed by atoms with E-state index in [-0.39, 0.29) is 11.6 Å². The zero-order valence-electron chi connectivity index (χ0n) is 10.8. The Morgan fingerprint density at radius 3 is 2.43 bits per heavy atom. The third-order valence-electron chi connectivity index (χ3n) is 2.51. The van der Waals surface area contributed by atoms with E-state index in [9.17, 15) is 5.11 Å². The monoisotopic (exact) mass is 280 g/mol. The third-order valence-corrected chi connectivity index (χ3v) is 2.51. The highest BCUT2D eigenvalue weighted by atomic mass is 16.5. The van der Waals surface area contributed by atoms with Crippen LogP contribution in [0.2, 0.25) is 0 Å². The molecule has 0 aliphatic rings. The van der Waals surface area contributed by atoms with Gasteiger partial charge < -0.3 is 9.47 Å². The zero-order valence-corrected chi connectivity index (χ0v) is 10.8. The van der Waals surface area contributed by atoms with E-state index in [0.717, 1.165) is 0 Å². The van der Waals surface area contributed by atoms with Gasteiger partial charge in [0.25, 0.3) is 5.88 Å². The van der Waals surface area contributed by atoms with E-state index in [1.54, 1.807) is 36.5 Å². The molecule has 6 heteroatoms. The first-order chi connectivity index (χ1) is 10.3. The summed E-state index contributed by atoms with van der Waals surface area (Å²) in [5.74, 6) is 1.17. The van der Waals surface area contributed by atoms with Gasteiger partial charge in [-0.05, 0) is 18.2 Å². The quantitative estimate of drug-likeness (QED) is 0.729. The van der Waals surface area contributed by atoms with E-state index in [1.165, 1.54) is 6.20 Å². The van der Waals surface area contributed by atoms with E-state index < -0.39 is 6.01 Å². The number of ether oxygens (including phenoxy) is 2. The molecule has 2 aromatic heterocycles. The molecule has 6 nitrogen and oxygen atoms in total. The van der Waals surface area contributed by atoms with E-state index in [4.69, 9.17) is 9.47 Å². The number of benzene rings is 1. The Balaban J connectivity index is 1.90. The number of hydrogen-bond acceptors (Lipinski definition) is 5. The van der Waals surface area contributed by atoms with Gasteiger partial charge in [-0.1, -0.05) is 24.3 Å². The van der Waals surface area contributed by atoms with Gasteiger partial charge in [-0.3, -0.25) is 0 Å². The molecule has 0 amide bonds. The number of hydrogen-bond donors (Lipinski definition) is 0. The van der Waals surface area contributed by atoms with Crippen LogP contribution in [0.3, 0.4) is 0 Å². The van der Waals surface area contributed by atoms with Gasteiger partial charge in [-0.25, -0.2) is 10.1 Å². The third kappa shape index (κ3) is 3.24. The second-order valence-electron chi connectivity index (χ2n) is 4.01. The summed E-state index contributed by atoms with van der Waals surface area (Å²) in [6.45, 7) is 0. The molecule has 3 rings (SSSR count). The highest BCUT2D eigenvalue weighted by Gasteiger charge is 2.13. The number of para-hydroxylation sites is 1. The Kier molecular flexibility index (Phi) is 3.60. The van der Waals surface area contributed by atoms with Gasteiger partial charge in [-0.2, -0.15) is 9.97 Å². The average Bonchev–Trinajstić information content (AvgIpc) is 2.52. The molecule has 0 atom stereocenters. The first-order valence-electron chi connectivity index (χ1n) is 6.17. The van der Waals surface area contributed by atoms with Crippen LogP contribution in [0.15, 0.2) is 60.9 Å². The molecular formula is C15H10N3O3. The second-order valence-corrected chi connectivity index (χ2v) is 4.01. The van der Waals surface area contributed by atoms with Crippen molar-refractivity contribution in [1.82, 2.24) is 15.0 Å². The Morgan fingerprint density at radius 2 is 1.67 bits per heavy atom. The second kappa shape index (κ2) is 5.87. The zero-order chi connectivity index (χ0) is 14.5. The molecular weight excluding hydrogens is 270 g/mol. The van der Waals surface area contributed by atoms with Crippen molar-refractivity contribution in [2.45, 2.75) is 0 Å². The molecule has 2 heterocycles. The van der Waals surface area contributed by atoms with Crippen molar-refractivity contribution in [3.8, 4) is 29.3 Å². The maximum absolute atomic E-state index is 11.3. The van der Waals surface area contributed by atoms with Crippen molar-refractivity contribution in [1.29, 1.82) is 0 Å². The van der Waals surface area contributed by atoms with Crippen molar-refractivity contribution in [3.63, 3.8) is 0 Å². The van der Waals surface area contributed by atoms with E-state index in [1.807, 2.05) is 18.2 Å². The van der Waals surface area contributed by atoms with Crippen LogP contribution in [0.25, 0.3) is 0 Å². The summed E-state index contributed by atoms with van der Waals surface area (Å²) < 4.78 is 11.1. The maximum Gasteiger partial charge on any atom is 0.370 e. The Morgan fingerprint density at radius 1 is 0.857 bits per heavy atom. The minimum absolute atomic E-state index is 0.0255. The van der Waals surface area contributed by atoms with E-state index in [0.29, 0.717) is 11.6 Å². The smallest absolute Gasteiger partial charge is 0.370 e. The van der Waals surface area contributed by atoms with Crippen molar-refractivity contribution < 1.29 is 14.6 Å². The van der Waals surface area contributed by atoms with Gasteiger partial charge in [0.15, 0.2) is 0 Å². The number of rotatable bonds is 4. The molecule has 0 saturated carbocycles. The topological polar surface area (TPSA) is 77.0 Å². The normalized spacial score (nSPS) is 10.1. The lowest BCUT2D eigenvalue weighted by molar-refractivity contribution is 0.304. The number of nitrogens with zero attached hydrogens (tertiary/aromatic N) is 3. The molecule has 1 aromatic carbocycles. The predicted octanol–water partition coefficient (Wildman–Crippen LogP) is 3.60. The highest BCUT2D eigenvalue weighted by molar-refractivity contribution is 5.38. The molecule has 0 bridgehead atoms.